The van der Waals surface area contributed by atoms with Gasteiger partial charge >= 0.3 is 0 Å². The van der Waals surface area contributed by atoms with E-state index in [1.165, 1.54) is 0 Å². The average molecular weight is 211 g/mol. The number of ether oxygens (including phenoxy) is 1. The molecule has 0 amide bonds. The van der Waals surface area contributed by atoms with E-state index in [2.05, 4.69) is 0 Å². The van der Waals surface area contributed by atoms with Gasteiger partial charge in [-0.1, -0.05) is 17.7 Å². The molecule has 74 valence electrons. The Morgan fingerprint density at radius 3 is 2.71 bits per heavy atom. The highest BCUT2D eigenvalue weighted by molar-refractivity contribution is 6.32. The number of hydrogen-bond acceptors (Lipinski definition) is 2. The highest BCUT2D eigenvalue weighted by Crippen LogP contribution is 2.25. The molecular weight excluding hydrogens is 200 g/mol. The molecule has 0 aliphatic rings. The number of methoxy groups -OCH3 is 1. The number of allylic oxidation sites excluding steroid dienone is 1. The highest BCUT2D eigenvalue weighted by Gasteiger charge is 1.99. The molecule has 0 unspecified atom stereocenters. The zero-order chi connectivity index (χ0) is 10.6. The Balaban J connectivity index is 3.03. The van der Waals surface area contributed by atoms with Crippen LogP contribution in [0.2, 0.25) is 5.02 Å². The fourth-order valence-electron chi connectivity index (χ4n) is 1.07. The number of benzene rings is 1. The van der Waals surface area contributed by atoms with E-state index < -0.39 is 0 Å². The zero-order valence-electron chi connectivity index (χ0n) is 8.08. The summed E-state index contributed by atoms with van der Waals surface area (Å²) in [5, 5.41) is 0.542. The van der Waals surface area contributed by atoms with E-state index >= 15 is 0 Å². The first-order chi connectivity index (χ1) is 6.67. The molecule has 0 aliphatic carbocycles. The molecule has 0 atom stereocenters. The molecule has 1 aromatic carbocycles. The van der Waals surface area contributed by atoms with Crippen LogP contribution in [0, 0.1) is 0 Å². The van der Waals surface area contributed by atoms with Gasteiger partial charge in [-0.3, -0.25) is 4.79 Å². The van der Waals surface area contributed by atoms with Gasteiger partial charge in [-0.05, 0) is 36.3 Å². The van der Waals surface area contributed by atoms with Gasteiger partial charge < -0.3 is 4.74 Å². The number of carbonyl (C=O) groups is 1. The fraction of sp³-hybridized carbons (Fsp3) is 0.182. The van der Waals surface area contributed by atoms with Crippen molar-refractivity contribution in [2.75, 3.05) is 7.11 Å². The summed E-state index contributed by atoms with van der Waals surface area (Å²) in [6.45, 7) is 1.74. The van der Waals surface area contributed by atoms with Crippen LogP contribution in [0.1, 0.15) is 12.5 Å². The molecule has 14 heavy (non-hydrogen) atoms. The third-order valence-corrected chi connectivity index (χ3v) is 2.05. The molecule has 0 aromatic heterocycles. The van der Waals surface area contributed by atoms with Crippen molar-refractivity contribution >= 4 is 24.0 Å². The van der Waals surface area contributed by atoms with Crippen LogP contribution >= 0.6 is 11.6 Å². The average Bonchev–Trinajstić information content (AvgIpc) is 2.18. The molecule has 0 fully saturated rings. The predicted octanol–water partition coefficient (Wildman–Crippen LogP) is 2.95. The van der Waals surface area contributed by atoms with Crippen molar-refractivity contribution in [3.05, 3.63) is 34.4 Å². The minimum atomic E-state index is 0.542. The predicted molar refractivity (Wildman–Crippen MR) is 57.7 cm³/mol. The standard InChI is InChI=1S/C11H11ClO2/c1-8(7-13)5-9-3-4-11(14-2)10(12)6-9/h3-7H,1-2H3. The third kappa shape index (κ3) is 2.60. The van der Waals surface area contributed by atoms with E-state index in [-0.39, 0.29) is 0 Å². The maximum Gasteiger partial charge on any atom is 0.145 e. The van der Waals surface area contributed by atoms with E-state index in [1.807, 2.05) is 6.07 Å². The van der Waals surface area contributed by atoms with E-state index in [0.717, 1.165) is 11.8 Å². The smallest absolute Gasteiger partial charge is 0.145 e. The fourth-order valence-corrected chi connectivity index (χ4v) is 1.34. The Kier molecular flexibility index (Phi) is 3.72. The maximum atomic E-state index is 10.4. The van der Waals surface area contributed by atoms with E-state index in [9.17, 15) is 4.79 Å². The monoisotopic (exact) mass is 210 g/mol. The number of halogens is 1. The van der Waals surface area contributed by atoms with Crippen LogP contribution in [-0.4, -0.2) is 13.4 Å². The lowest BCUT2D eigenvalue weighted by molar-refractivity contribution is -0.104. The van der Waals surface area contributed by atoms with Gasteiger partial charge in [0.15, 0.2) is 0 Å². The molecule has 1 rings (SSSR count). The molecule has 0 bridgehead atoms. The third-order valence-electron chi connectivity index (χ3n) is 1.76. The van der Waals surface area contributed by atoms with Crippen molar-refractivity contribution in [1.29, 1.82) is 0 Å². The van der Waals surface area contributed by atoms with Gasteiger partial charge in [0.05, 0.1) is 12.1 Å². The van der Waals surface area contributed by atoms with Crippen LogP contribution < -0.4 is 4.74 Å². The molecule has 0 N–H and O–H groups in total. The van der Waals surface area contributed by atoms with Crippen LogP contribution in [0.5, 0.6) is 5.75 Å². The number of hydrogen-bond donors (Lipinski definition) is 0. The molecule has 0 saturated heterocycles. The van der Waals surface area contributed by atoms with Crippen LogP contribution in [0.15, 0.2) is 23.8 Å². The summed E-state index contributed by atoms with van der Waals surface area (Å²) in [5.74, 6) is 0.632. The van der Waals surface area contributed by atoms with Crippen molar-refractivity contribution in [2.24, 2.45) is 0 Å². The lowest BCUT2D eigenvalue weighted by Crippen LogP contribution is -1.85. The van der Waals surface area contributed by atoms with Gasteiger partial charge in [-0.2, -0.15) is 0 Å². The second-order valence-electron chi connectivity index (χ2n) is 2.90. The highest BCUT2D eigenvalue weighted by atomic mass is 35.5. The summed E-state index contributed by atoms with van der Waals surface area (Å²) < 4.78 is 5.01. The van der Waals surface area contributed by atoms with E-state index in [1.54, 1.807) is 32.2 Å². The van der Waals surface area contributed by atoms with Gasteiger partial charge in [0.1, 0.15) is 12.0 Å². The Morgan fingerprint density at radius 2 is 2.21 bits per heavy atom. The normalized spacial score (nSPS) is 11.2. The molecule has 0 radical (unpaired) electrons. The topological polar surface area (TPSA) is 26.3 Å². The van der Waals surface area contributed by atoms with Crippen LogP contribution in [0.25, 0.3) is 6.08 Å². The van der Waals surface area contributed by atoms with Gasteiger partial charge in [0.25, 0.3) is 0 Å². The first-order valence-electron chi connectivity index (χ1n) is 4.14. The summed E-state index contributed by atoms with van der Waals surface area (Å²) in [7, 11) is 1.56. The van der Waals surface area contributed by atoms with Crippen LogP contribution in [0.3, 0.4) is 0 Å². The van der Waals surface area contributed by atoms with Crippen molar-refractivity contribution in [3.8, 4) is 5.75 Å². The summed E-state index contributed by atoms with van der Waals surface area (Å²) in [4.78, 5) is 10.4. The Labute approximate surface area is 88.1 Å². The van der Waals surface area contributed by atoms with Crippen molar-refractivity contribution in [2.45, 2.75) is 6.92 Å². The number of rotatable bonds is 3. The molecule has 0 spiro atoms. The Morgan fingerprint density at radius 1 is 1.50 bits per heavy atom. The van der Waals surface area contributed by atoms with Crippen molar-refractivity contribution < 1.29 is 9.53 Å². The van der Waals surface area contributed by atoms with E-state index in [0.29, 0.717) is 16.3 Å². The lowest BCUT2D eigenvalue weighted by atomic mass is 10.1. The van der Waals surface area contributed by atoms with E-state index in [4.69, 9.17) is 16.3 Å². The van der Waals surface area contributed by atoms with Gasteiger partial charge in [0.2, 0.25) is 0 Å². The summed E-state index contributed by atoms with van der Waals surface area (Å²) in [5.41, 5.74) is 1.55. The lowest BCUT2D eigenvalue weighted by Gasteiger charge is -2.03. The molecule has 2 nitrogen and oxygen atoms in total. The van der Waals surface area contributed by atoms with Crippen LogP contribution in [-0.2, 0) is 4.79 Å². The first-order valence-corrected chi connectivity index (χ1v) is 4.52. The van der Waals surface area contributed by atoms with Gasteiger partial charge in [-0.25, -0.2) is 0 Å². The molecule has 0 heterocycles. The molecular formula is C11H11ClO2. The number of carbonyl (C=O) groups excluding carboxylic acids is 1. The van der Waals surface area contributed by atoms with Gasteiger partial charge in [0, 0.05) is 0 Å². The molecule has 3 heteroatoms. The molecule has 1 aromatic rings. The minimum Gasteiger partial charge on any atom is -0.495 e. The summed E-state index contributed by atoms with van der Waals surface area (Å²) in [6, 6.07) is 5.37. The second kappa shape index (κ2) is 4.82. The minimum absolute atomic E-state index is 0.542. The molecule has 0 saturated carbocycles. The largest absolute Gasteiger partial charge is 0.495 e. The second-order valence-corrected chi connectivity index (χ2v) is 3.31. The Bertz CT molecular complexity index is 370. The Hall–Kier alpha value is -1.28. The zero-order valence-corrected chi connectivity index (χ0v) is 8.84. The summed E-state index contributed by atoms with van der Waals surface area (Å²) in [6.07, 6.45) is 2.57. The SMILES string of the molecule is COc1ccc(C=C(C)C=O)cc1Cl. The quantitative estimate of drug-likeness (QED) is 0.567. The first kappa shape index (κ1) is 10.8. The maximum absolute atomic E-state index is 10.4. The van der Waals surface area contributed by atoms with Crippen molar-refractivity contribution in [3.63, 3.8) is 0 Å². The van der Waals surface area contributed by atoms with Gasteiger partial charge in [-0.15, -0.1) is 0 Å². The van der Waals surface area contributed by atoms with Crippen molar-refractivity contribution in [1.82, 2.24) is 0 Å². The molecule has 0 aliphatic heterocycles. The summed E-state index contributed by atoms with van der Waals surface area (Å²) >= 11 is 5.91. The van der Waals surface area contributed by atoms with Crippen LogP contribution in [0.4, 0.5) is 0 Å². The number of aldehydes is 1.